The Bertz CT molecular complexity index is 557. The quantitative estimate of drug-likeness (QED) is 0.805. The van der Waals surface area contributed by atoms with Gasteiger partial charge in [-0.05, 0) is 49.2 Å². The first-order valence-electron chi connectivity index (χ1n) is 7.50. The van der Waals surface area contributed by atoms with Gasteiger partial charge in [0.05, 0.1) is 12.2 Å². The Hall–Kier alpha value is -1.14. The van der Waals surface area contributed by atoms with E-state index < -0.39 is 0 Å². The Balaban J connectivity index is 2.09. The predicted octanol–water partition coefficient (Wildman–Crippen LogP) is 3.59. The van der Waals surface area contributed by atoms with Crippen molar-refractivity contribution in [3.63, 3.8) is 0 Å². The molecule has 0 bridgehead atoms. The van der Waals surface area contributed by atoms with Crippen molar-refractivity contribution in [1.29, 1.82) is 0 Å². The fraction of sp³-hybridized carbons (Fsp3) is 0.500. The van der Waals surface area contributed by atoms with Crippen LogP contribution in [0, 0.1) is 5.92 Å². The van der Waals surface area contributed by atoms with Gasteiger partial charge < -0.3 is 9.64 Å². The van der Waals surface area contributed by atoms with Crippen LogP contribution in [0.15, 0.2) is 22.7 Å². The third kappa shape index (κ3) is 4.68. The number of nitrogens with zero attached hydrogens (tertiary/aromatic N) is 1. The SMILES string of the molecule is CC(C)COc1ccc(Br)cc1C(=O)NC(=S)N1CCCC1. The molecular weight excluding hydrogens is 364 g/mol. The van der Waals surface area contributed by atoms with Gasteiger partial charge in [-0.2, -0.15) is 0 Å². The van der Waals surface area contributed by atoms with E-state index in [1.165, 1.54) is 0 Å². The normalized spacial score (nSPS) is 14.3. The first-order chi connectivity index (χ1) is 10.5. The van der Waals surface area contributed by atoms with Crippen LogP contribution < -0.4 is 10.1 Å². The monoisotopic (exact) mass is 384 g/mol. The Kier molecular flexibility index (Phi) is 6.20. The molecule has 0 radical (unpaired) electrons. The highest BCUT2D eigenvalue weighted by molar-refractivity contribution is 9.10. The fourth-order valence-corrected chi connectivity index (χ4v) is 2.86. The maximum atomic E-state index is 12.5. The summed E-state index contributed by atoms with van der Waals surface area (Å²) in [7, 11) is 0. The van der Waals surface area contributed by atoms with Gasteiger partial charge in [0.1, 0.15) is 5.75 Å². The van der Waals surface area contributed by atoms with Crippen molar-refractivity contribution < 1.29 is 9.53 Å². The fourth-order valence-electron chi connectivity index (χ4n) is 2.23. The predicted molar refractivity (Wildman–Crippen MR) is 95.3 cm³/mol. The number of hydrogen-bond donors (Lipinski definition) is 1. The van der Waals surface area contributed by atoms with Crippen LogP contribution in [-0.2, 0) is 0 Å². The van der Waals surface area contributed by atoms with E-state index in [2.05, 4.69) is 35.1 Å². The number of amides is 1. The zero-order valence-electron chi connectivity index (χ0n) is 12.9. The molecule has 1 aliphatic heterocycles. The number of rotatable bonds is 4. The summed E-state index contributed by atoms with van der Waals surface area (Å²) >= 11 is 8.71. The second kappa shape index (κ2) is 7.92. The number of halogens is 1. The lowest BCUT2D eigenvalue weighted by molar-refractivity contribution is 0.0969. The standard InChI is InChI=1S/C16H21BrN2O2S/c1-11(2)10-21-14-6-5-12(17)9-13(14)15(20)18-16(22)19-7-3-4-8-19/h5-6,9,11H,3-4,7-8,10H2,1-2H3,(H,18,20,22). The molecule has 1 aromatic rings. The molecule has 0 unspecified atom stereocenters. The van der Waals surface area contributed by atoms with Crippen LogP contribution in [0.25, 0.3) is 0 Å². The summed E-state index contributed by atoms with van der Waals surface area (Å²) in [6, 6.07) is 5.43. The summed E-state index contributed by atoms with van der Waals surface area (Å²) in [5, 5.41) is 3.31. The van der Waals surface area contributed by atoms with Crippen molar-refractivity contribution in [1.82, 2.24) is 10.2 Å². The van der Waals surface area contributed by atoms with Gasteiger partial charge in [0.2, 0.25) is 0 Å². The van der Waals surface area contributed by atoms with E-state index in [0.717, 1.165) is 30.4 Å². The molecule has 1 aromatic carbocycles. The van der Waals surface area contributed by atoms with Gasteiger partial charge >= 0.3 is 0 Å². The molecule has 0 aromatic heterocycles. The molecule has 1 amide bonds. The molecule has 0 spiro atoms. The summed E-state index contributed by atoms with van der Waals surface area (Å²) in [5.41, 5.74) is 0.497. The summed E-state index contributed by atoms with van der Waals surface area (Å²) in [6.07, 6.45) is 2.24. The molecule has 1 N–H and O–H groups in total. The minimum atomic E-state index is -0.225. The molecule has 2 rings (SSSR count). The number of ether oxygens (including phenoxy) is 1. The van der Waals surface area contributed by atoms with Crippen molar-refractivity contribution >= 4 is 39.2 Å². The molecule has 6 heteroatoms. The van der Waals surface area contributed by atoms with E-state index in [1.54, 1.807) is 12.1 Å². The Morgan fingerprint density at radius 2 is 2.09 bits per heavy atom. The molecule has 0 aliphatic carbocycles. The number of carbonyl (C=O) groups excluding carboxylic acids is 1. The number of carbonyl (C=O) groups is 1. The average Bonchev–Trinajstić information content (AvgIpc) is 3.00. The molecular formula is C16H21BrN2O2S. The van der Waals surface area contributed by atoms with Gasteiger partial charge in [-0.3, -0.25) is 10.1 Å². The largest absolute Gasteiger partial charge is 0.492 e. The topological polar surface area (TPSA) is 41.6 Å². The van der Waals surface area contributed by atoms with Crippen LogP contribution in [-0.4, -0.2) is 35.6 Å². The zero-order valence-corrected chi connectivity index (χ0v) is 15.3. The number of nitrogens with one attached hydrogen (secondary N) is 1. The van der Waals surface area contributed by atoms with Gasteiger partial charge in [-0.25, -0.2) is 0 Å². The third-order valence-corrected chi connectivity index (χ3v) is 4.23. The number of thiocarbonyl (C=S) groups is 1. The van der Waals surface area contributed by atoms with Crippen LogP contribution >= 0.6 is 28.1 Å². The maximum Gasteiger partial charge on any atom is 0.261 e. The van der Waals surface area contributed by atoms with Gasteiger partial charge in [-0.1, -0.05) is 29.8 Å². The molecule has 0 saturated carbocycles. The minimum Gasteiger partial charge on any atom is -0.492 e. The molecule has 1 fully saturated rings. The second-order valence-electron chi connectivity index (χ2n) is 5.80. The van der Waals surface area contributed by atoms with E-state index >= 15 is 0 Å². The van der Waals surface area contributed by atoms with Gasteiger partial charge in [0.15, 0.2) is 5.11 Å². The second-order valence-corrected chi connectivity index (χ2v) is 7.10. The molecule has 0 atom stereocenters. The summed E-state index contributed by atoms with van der Waals surface area (Å²) in [5.74, 6) is 0.751. The highest BCUT2D eigenvalue weighted by Gasteiger charge is 2.19. The van der Waals surface area contributed by atoms with Crippen molar-refractivity contribution in [2.24, 2.45) is 5.92 Å². The smallest absolute Gasteiger partial charge is 0.261 e. The molecule has 1 heterocycles. The molecule has 22 heavy (non-hydrogen) atoms. The Morgan fingerprint density at radius 3 is 2.73 bits per heavy atom. The summed E-state index contributed by atoms with van der Waals surface area (Å²) in [4.78, 5) is 14.5. The van der Waals surface area contributed by atoms with Crippen LogP contribution in [0.2, 0.25) is 0 Å². The molecule has 1 aliphatic rings. The zero-order chi connectivity index (χ0) is 16.1. The van der Waals surface area contributed by atoms with Crippen LogP contribution in [0.4, 0.5) is 0 Å². The third-order valence-electron chi connectivity index (χ3n) is 3.37. The highest BCUT2D eigenvalue weighted by atomic mass is 79.9. The highest BCUT2D eigenvalue weighted by Crippen LogP contribution is 2.24. The van der Waals surface area contributed by atoms with Crippen LogP contribution in [0.3, 0.4) is 0 Å². The van der Waals surface area contributed by atoms with E-state index in [1.807, 2.05) is 11.0 Å². The maximum absolute atomic E-state index is 12.5. The molecule has 120 valence electrons. The number of hydrogen-bond acceptors (Lipinski definition) is 3. The van der Waals surface area contributed by atoms with E-state index in [4.69, 9.17) is 17.0 Å². The van der Waals surface area contributed by atoms with E-state index in [9.17, 15) is 4.79 Å². The lowest BCUT2D eigenvalue weighted by Crippen LogP contribution is -2.41. The van der Waals surface area contributed by atoms with Crippen molar-refractivity contribution in [3.8, 4) is 5.75 Å². The summed E-state index contributed by atoms with van der Waals surface area (Å²) < 4.78 is 6.58. The molecule has 1 saturated heterocycles. The van der Waals surface area contributed by atoms with Gasteiger partial charge in [0, 0.05) is 17.6 Å². The van der Waals surface area contributed by atoms with Crippen molar-refractivity contribution in [3.05, 3.63) is 28.2 Å². The van der Waals surface area contributed by atoms with E-state index in [0.29, 0.717) is 29.0 Å². The number of likely N-dealkylation sites (tertiary alicyclic amines) is 1. The van der Waals surface area contributed by atoms with Crippen LogP contribution in [0.5, 0.6) is 5.75 Å². The minimum absolute atomic E-state index is 0.225. The average molecular weight is 385 g/mol. The summed E-state index contributed by atoms with van der Waals surface area (Å²) in [6.45, 7) is 6.53. The lowest BCUT2D eigenvalue weighted by Gasteiger charge is -2.19. The Labute approximate surface area is 145 Å². The first kappa shape index (κ1) is 17.2. The van der Waals surface area contributed by atoms with E-state index in [-0.39, 0.29) is 5.91 Å². The van der Waals surface area contributed by atoms with Crippen molar-refractivity contribution in [2.45, 2.75) is 26.7 Å². The first-order valence-corrected chi connectivity index (χ1v) is 8.70. The van der Waals surface area contributed by atoms with Gasteiger partial charge in [0.25, 0.3) is 5.91 Å². The van der Waals surface area contributed by atoms with Crippen molar-refractivity contribution in [2.75, 3.05) is 19.7 Å². The lowest BCUT2D eigenvalue weighted by atomic mass is 10.2. The molecule has 4 nitrogen and oxygen atoms in total. The Morgan fingerprint density at radius 1 is 1.41 bits per heavy atom. The van der Waals surface area contributed by atoms with Gasteiger partial charge in [-0.15, -0.1) is 0 Å². The van der Waals surface area contributed by atoms with Crippen LogP contribution in [0.1, 0.15) is 37.0 Å². The number of benzene rings is 1.